The van der Waals surface area contributed by atoms with Crippen LogP contribution in [-0.2, 0) is 4.79 Å². The summed E-state index contributed by atoms with van der Waals surface area (Å²) < 4.78 is 0. The van der Waals surface area contributed by atoms with Crippen molar-refractivity contribution in [1.82, 2.24) is 5.32 Å². The van der Waals surface area contributed by atoms with Gasteiger partial charge in [-0.2, -0.15) is 0 Å². The topological polar surface area (TPSA) is 55.1 Å². The quantitative estimate of drug-likeness (QED) is 0.508. The third kappa shape index (κ3) is 3.73. The molecule has 0 rings (SSSR count). The van der Waals surface area contributed by atoms with Gasteiger partial charge < -0.3 is 11.1 Å². The summed E-state index contributed by atoms with van der Waals surface area (Å²) in [6, 6.07) is -0.261. The van der Waals surface area contributed by atoms with Crippen LogP contribution in [-0.4, -0.2) is 18.5 Å². The Kier molecular flexibility index (Phi) is 3.71. The fraction of sp³-hybridized carbons (Fsp3) is 0.500. The average molecular weight is 128 g/mol. The van der Waals surface area contributed by atoms with Gasteiger partial charge in [-0.1, -0.05) is 6.08 Å². The van der Waals surface area contributed by atoms with E-state index in [2.05, 4.69) is 11.9 Å². The summed E-state index contributed by atoms with van der Waals surface area (Å²) in [6.45, 7) is 5.81. The van der Waals surface area contributed by atoms with Crippen LogP contribution in [0, 0.1) is 0 Å². The Morgan fingerprint density at radius 2 is 2.56 bits per heavy atom. The third-order valence-electron chi connectivity index (χ3n) is 0.995. The molecule has 9 heavy (non-hydrogen) atoms. The number of hydrogen-bond donors (Lipinski definition) is 2. The lowest BCUT2D eigenvalue weighted by molar-refractivity contribution is -0.119. The van der Waals surface area contributed by atoms with E-state index in [-0.39, 0.29) is 11.9 Å². The van der Waals surface area contributed by atoms with Crippen molar-refractivity contribution >= 4 is 5.91 Å². The summed E-state index contributed by atoms with van der Waals surface area (Å²) >= 11 is 0. The van der Waals surface area contributed by atoms with Crippen molar-refractivity contribution in [1.29, 1.82) is 0 Å². The highest BCUT2D eigenvalue weighted by molar-refractivity contribution is 5.79. The summed E-state index contributed by atoms with van der Waals surface area (Å²) in [5.41, 5.74) is 4.94. The zero-order valence-corrected chi connectivity index (χ0v) is 5.55. The molecule has 0 heterocycles. The van der Waals surface area contributed by atoms with Crippen LogP contribution in [0.4, 0.5) is 0 Å². The second-order valence-electron chi connectivity index (χ2n) is 1.82. The van der Waals surface area contributed by atoms with Crippen LogP contribution in [0.15, 0.2) is 12.7 Å². The smallest absolute Gasteiger partial charge is 0.234 e. The van der Waals surface area contributed by atoms with E-state index >= 15 is 0 Å². The lowest BCUT2D eigenvalue weighted by Crippen LogP contribution is -2.38. The lowest BCUT2D eigenvalue weighted by atomic mass is 10.3. The second kappa shape index (κ2) is 4.09. The molecule has 0 unspecified atom stereocenters. The molecule has 0 aliphatic carbocycles. The van der Waals surface area contributed by atoms with E-state index in [1.54, 1.807) is 13.0 Å². The zero-order chi connectivity index (χ0) is 7.28. The highest BCUT2D eigenvalue weighted by atomic mass is 16.1. The van der Waals surface area contributed by atoms with Gasteiger partial charge in [0, 0.05) is 6.54 Å². The second-order valence-corrected chi connectivity index (χ2v) is 1.82. The van der Waals surface area contributed by atoms with Crippen LogP contribution in [0.25, 0.3) is 0 Å². The maximum absolute atomic E-state index is 10.3. The average Bonchev–Trinajstić information content (AvgIpc) is 1.82. The van der Waals surface area contributed by atoms with E-state index in [0.717, 1.165) is 0 Å². The van der Waals surface area contributed by atoms with Crippen molar-refractivity contribution in [2.45, 2.75) is 13.0 Å². The Hall–Kier alpha value is -0.830. The molecule has 0 aromatic rings. The molecule has 1 atom stereocenters. The molecule has 0 aliphatic rings. The maximum atomic E-state index is 10.3. The fourth-order valence-electron chi connectivity index (χ4n) is 0.361. The van der Waals surface area contributed by atoms with Crippen LogP contribution in [0.3, 0.4) is 0 Å². The first-order valence-corrected chi connectivity index (χ1v) is 2.82. The standard InChI is InChI=1S/C6H12N2O/c1-3-4-8-5(2)6(7)9/h3,5,8H,1,4H2,2H3,(H2,7,9)/t5-/m0/s1. The number of amides is 1. The molecule has 0 fully saturated rings. The molecule has 0 saturated carbocycles. The van der Waals surface area contributed by atoms with Gasteiger partial charge >= 0.3 is 0 Å². The largest absolute Gasteiger partial charge is 0.368 e. The fourth-order valence-corrected chi connectivity index (χ4v) is 0.361. The van der Waals surface area contributed by atoms with Gasteiger partial charge in [-0.25, -0.2) is 0 Å². The summed E-state index contributed by atoms with van der Waals surface area (Å²) in [6.07, 6.45) is 1.68. The van der Waals surface area contributed by atoms with Crippen molar-refractivity contribution in [3.63, 3.8) is 0 Å². The number of nitrogens with two attached hydrogens (primary N) is 1. The molecular formula is C6H12N2O. The number of nitrogens with one attached hydrogen (secondary N) is 1. The van der Waals surface area contributed by atoms with Gasteiger partial charge in [-0.05, 0) is 6.92 Å². The molecule has 0 bridgehead atoms. The molecule has 3 N–H and O–H groups in total. The molecule has 1 amide bonds. The van der Waals surface area contributed by atoms with Crippen molar-refractivity contribution in [2.24, 2.45) is 5.73 Å². The summed E-state index contributed by atoms with van der Waals surface area (Å²) in [5, 5.41) is 2.84. The zero-order valence-electron chi connectivity index (χ0n) is 5.55. The highest BCUT2D eigenvalue weighted by Crippen LogP contribution is 1.75. The Labute approximate surface area is 54.9 Å². The molecule has 0 spiro atoms. The van der Waals surface area contributed by atoms with Crippen LogP contribution in [0.5, 0.6) is 0 Å². The third-order valence-corrected chi connectivity index (χ3v) is 0.995. The predicted octanol–water partition coefficient (Wildman–Crippen LogP) is -0.364. The first kappa shape index (κ1) is 8.17. The van der Waals surface area contributed by atoms with Gasteiger partial charge in [0.1, 0.15) is 0 Å². The van der Waals surface area contributed by atoms with E-state index < -0.39 is 0 Å². The SMILES string of the molecule is C=CCN[C@@H](C)C(N)=O. The molecule has 0 aliphatic heterocycles. The summed E-state index contributed by atoms with van der Waals surface area (Å²) in [5.74, 6) is -0.336. The van der Waals surface area contributed by atoms with Crippen LogP contribution in [0.2, 0.25) is 0 Å². The highest BCUT2D eigenvalue weighted by Gasteiger charge is 2.03. The van der Waals surface area contributed by atoms with E-state index in [0.29, 0.717) is 6.54 Å². The minimum Gasteiger partial charge on any atom is -0.368 e. The molecule has 0 saturated heterocycles. The summed E-state index contributed by atoms with van der Waals surface area (Å²) in [7, 11) is 0. The van der Waals surface area contributed by atoms with Crippen LogP contribution in [0.1, 0.15) is 6.92 Å². The van der Waals surface area contributed by atoms with Gasteiger partial charge in [0.15, 0.2) is 0 Å². The van der Waals surface area contributed by atoms with E-state index in [1.165, 1.54) is 0 Å². The van der Waals surface area contributed by atoms with Crippen molar-refractivity contribution in [2.75, 3.05) is 6.54 Å². The van der Waals surface area contributed by atoms with Crippen LogP contribution >= 0.6 is 0 Å². The molecule has 0 radical (unpaired) electrons. The minimum atomic E-state index is -0.336. The number of rotatable bonds is 4. The molecule has 3 nitrogen and oxygen atoms in total. The molecule has 52 valence electrons. The number of carbonyl (C=O) groups is 1. The lowest BCUT2D eigenvalue weighted by Gasteiger charge is -2.05. The maximum Gasteiger partial charge on any atom is 0.234 e. The Morgan fingerprint density at radius 1 is 2.00 bits per heavy atom. The number of carbonyl (C=O) groups excluding carboxylic acids is 1. The predicted molar refractivity (Wildman–Crippen MR) is 36.9 cm³/mol. The number of primary amides is 1. The Balaban J connectivity index is 3.37. The van der Waals surface area contributed by atoms with Gasteiger partial charge in [0.05, 0.1) is 6.04 Å². The van der Waals surface area contributed by atoms with E-state index in [1.807, 2.05) is 0 Å². The Bertz CT molecular complexity index is 112. The van der Waals surface area contributed by atoms with Gasteiger partial charge in [-0.3, -0.25) is 4.79 Å². The Morgan fingerprint density at radius 3 is 2.89 bits per heavy atom. The van der Waals surface area contributed by atoms with E-state index in [4.69, 9.17) is 5.73 Å². The van der Waals surface area contributed by atoms with Gasteiger partial charge in [0.25, 0.3) is 0 Å². The minimum absolute atomic E-state index is 0.261. The first-order valence-electron chi connectivity index (χ1n) is 2.82. The molecular weight excluding hydrogens is 116 g/mol. The molecule has 3 heteroatoms. The van der Waals surface area contributed by atoms with E-state index in [9.17, 15) is 4.79 Å². The first-order chi connectivity index (χ1) is 4.18. The van der Waals surface area contributed by atoms with Crippen LogP contribution < -0.4 is 11.1 Å². The summed E-state index contributed by atoms with van der Waals surface area (Å²) in [4.78, 5) is 10.3. The normalized spacial score (nSPS) is 12.6. The monoisotopic (exact) mass is 128 g/mol. The van der Waals surface area contributed by atoms with Gasteiger partial charge in [-0.15, -0.1) is 6.58 Å². The van der Waals surface area contributed by atoms with Crippen molar-refractivity contribution in [3.05, 3.63) is 12.7 Å². The molecule has 0 aromatic carbocycles. The van der Waals surface area contributed by atoms with Crippen molar-refractivity contribution < 1.29 is 4.79 Å². The molecule has 0 aromatic heterocycles. The van der Waals surface area contributed by atoms with Gasteiger partial charge in [0.2, 0.25) is 5.91 Å². The van der Waals surface area contributed by atoms with Crippen molar-refractivity contribution in [3.8, 4) is 0 Å². The number of hydrogen-bond acceptors (Lipinski definition) is 2.